The zero-order chi connectivity index (χ0) is 20.4. The number of aliphatic imine (C=N–C) groups is 1. The van der Waals surface area contributed by atoms with Crippen molar-refractivity contribution in [3.05, 3.63) is 71.7 Å². The van der Waals surface area contributed by atoms with Crippen molar-refractivity contribution >= 4 is 11.8 Å². The van der Waals surface area contributed by atoms with E-state index in [0.717, 1.165) is 11.1 Å². The summed E-state index contributed by atoms with van der Waals surface area (Å²) in [7, 11) is 1.64. The zero-order valence-electron chi connectivity index (χ0n) is 16.4. The maximum absolute atomic E-state index is 14.7. The highest BCUT2D eigenvalue weighted by Crippen LogP contribution is 2.31. The summed E-state index contributed by atoms with van der Waals surface area (Å²) in [6.07, 6.45) is -0.0621. The van der Waals surface area contributed by atoms with Crippen LogP contribution in [-0.4, -0.2) is 37.4 Å². The number of rotatable bonds is 5. The highest BCUT2D eigenvalue weighted by molar-refractivity contribution is 5.94. The van der Waals surface area contributed by atoms with Gasteiger partial charge in [-0.2, -0.15) is 0 Å². The van der Waals surface area contributed by atoms with Crippen molar-refractivity contribution < 1.29 is 13.7 Å². The molecule has 1 aliphatic heterocycles. The molecule has 0 radical (unpaired) electrons. The Morgan fingerprint density at radius 3 is 2.72 bits per heavy atom. The highest BCUT2D eigenvalue weighted by Gasteiger charge is 2.26. The molecule has 3 aromatic rings. The molecule has 4 rings (SSSR count). The number of aromatic nitrogens is 1. The Kier molecular flexibility index (Phi) is 5.31. The number of ether oxygens (including phenoxy) is 1. The Labute approximate surface area is 168 Å². The maximum Gasteiger partial charge on any atom is 0.234 e. The Morgan fingerprint density at radius 1 is 1.21 bits per heavy atom. The van der Waals surface area contributed by atoms with Gasteiger partial charge in [0.1, 0.15) is 5.82 Å². The third-order valence-electron chi connectivity index (χ3n) is 5.26. The van der Waals surface area contributed by atoms with Crippen molar-refractivity contribution in [2.75, 3.05) is 25.1 Å². The van der Waals surface area contributed by atoms with Crippen molar-refractivity contribution in [3.63, 3.8) is 0 Å². The molecule has 0 amide bonds. The minimum absolute atomic E-state index is 0.0621. The van der Waals surface area contributed by atoms with E-state index in [1.54, 1.807) is 24.1 Å². The Morgan fingerprint density at radius 2 is 2.00 bits per heavy atom. The summed E-state index contributed by atoms with van der Waals surface area (Å²) in [5, 5.41) is 4.17. The molecule has 2 heterocycles. The van der Waals surface area contributed by atoms with Gasteiger partial charge in [0.05, 0.1) is 24.9 Å². The number of nitrogens with two attached hydrogens (primary N) is 1. The number of halogens is 1. The van der Waals surface area contributed by atoms with Gasteiger partial charge in [-0.05, 0) is 17.2 Å². The summed E-state index contributed by atoms with van der Waals surface area (Å²) in [6, 6.07) is 16.6. The minimum Gasteiger partial charge on any atom is -0.378 e. The van der Waals surface area contributed by atoms with Crippen LogP contribution in [0, 0.1) is 5.82 Å². The molecule has 0 saturated heterocycles. The van der Waals surface area contributed by atoms with E-state index < -0.39 is 0 Å². The number of nitrogens with zero attached hydrogens (tertiary/aromatic N) is 3. The van der Waals surface area contributed by atoms with E-state index in [9.17, 15) is 4.39 Å². The van der Waals surface area contributed by atoms with Gasteiger partial charge in [-0.3, -0.25) is 9.89 Å². The summed E-state index contributed by atoms with van der Waals surface area (Å²) in [5.74, 6) is 0.454. The van der Waals surface area contributed by atoms with Gasteiger partial charge < -0.3 is 15.0 Å². The second kappa shape index (κ2) is 8.05. The normalized spacial score (nSPS) is 17.8. The number of guanidine groups is 1. The second-order valence-electron chi connectivity index (χ2n) is 7.08. The second-order valence-corrected chi connectivity index (χ2v) is 7.08. The van der Waals surface area contributed by atoms with Crippen LogP contribution in [0.25, 0.3) is 11.1 Å². The Balaban J connectivity index is 1.56. The largest absolute Gasteiger partial charge is 0.378 e. The molecule has 0 fully saturated rings. The number of benzene rings is 2. The molecule has 2 N–H and O–H groups in total. The topological polar surface area (TPSA) is 76.9 Å². The molecule has 2 atom stereocenters. The van der Waals surface area contributed by atoms with Crippen LogP contribution in [0.15, 0.2) is 64.1 Å². The molecule has 1 aromatic heterocycles. The molecule has 6 nitrogen and oxygen atoms in total. The lowest BCUT2D eigenvalue weighted by Crippen LogP contribution is -2.47. The lowest BCUT2D eigenvalue weighted by Gasteiger charge is -2.28. The molecule has 7 heteroatoms. The molecule has 29 heavy (non-hydrogen) atoms. The van der Waals surface area contributed by atoms with Crippen LogP contribution in [0.1, 0.15) is 24.1 Å². The van der Waals surface area contributed by atoms with Gasteiger partial charge in [0.2, 0.25) is 5.88 Å². The maximum atomic E-state index is 14.7. The fourth-order valence-corrected chi connectivity index (χ4v) is 3.42. The minimum atomic E-state index is -0.264. The van der Waals surface area contributed by atoms with Crippen LogP contribution in [0.2, 0.25) is 0 Å². The van der Waals surface area contributed by atoms with Gasteiger partial charge in [0, 0.05) is 24.7 Å². The predicted molar refractivity (Wildman–Crippen MR) is 110 cm³/mol. The average Bonchev–Trinajstić information content (AvgIpc) is 3.24. The first-order chi connectivity index (χ1) is 14.1. The Hall–Kier alpha value is -3.19. The standard InChI is InChI=1S/C22H23FN4O2/c1-14(16-8-9-18(19(23)10-16)15-6-4-3-5-7-15)20-11-21(29-26-20)27-13-17(28-2)12-25-22(27)24/h3-11,14,17H,12-13H2,1-2H3,(H2,24,25). The summed E-state index contributed by atoms with van der Waals surface area (Å²) < 4.78 is 25.6. The molecule has 150 valence electrons. The zero-order valence-corrected chi connectivity index (χ0v) is 16.4. The molecule has 0 aliphatic carbocycles. The molecule has 0 bridgehead atoms. The first-order valence-corrected chi connectivity index (χ1v) is 9.48. The number of hydrogen-bond acceptors (Lipinski definition) is 6. The van der Waals surface area contributed by atoms with Crippen molar-refractivity contribution in [1.82, 2.24) is 5.16 Å². The van der Waals surface area contributed by atoms with Crippen molar-refractivity contribution in [1.29, 1.82) is 0 Å². The summed E-state index contributed by atoms with van der Waals surface area (Å²) in [6.45, 7) is 3.02. The van der Waals surface area contributed by atoms with Crippen LogP contribution in [0.4, 0.5) is 10.3 Å². The Bertz CT molecular complexity index is 1020. The summed E-state index contributed by atoms with van der Waals surface area (Å²) in [4.78, 5) is 6.00. The molecule has 1 aliphatic rings. The molecule has 0 saturated carbocycles. The van der Waals surface area contributed by atoms with E-state index in [4.69, 9.17) is 15.0 Å². The molecule has 2 unspecified atom stereocenters. The third kappa shape index (κ3) is 3.86. The molecular formula is C22H23FN4O2. The smallest absolute Gasteiger partial charge is 0.234 e. The van der Waals surface area contributed by atoms with Gasteiger partial charge in [-0.1, -0.05) is 54.5 Å². The van der Waals surface area contributed by atoms with Crippen LogP contribution < -0.4 is 10.6 Å². The fraction of sp³-hybridized carbons (Fsp3) is 0.273. The van der Waals surface area contributed by atoms with E-state index in [1.165, 1.54) is 0 Å². The third-order valence-corrected chi connectivity index (χ3v) is 5.26. The number of hydrogen-bond donors (Lipinski definition) is 1. The van der Waals surface area contributed by atoms with Crippen LogP contribution >= 0.6 is 0 Å². The van der Waals surface area contributed by atoms with Crippen molar-refractivity contribution in [2.45, 2.75) is 18.9 Å². The van der Waals surface area contributed by atoms with Gasteiger partial charge in [-0.15, -0.1) is 0 Å². The van der Waals surface area contributed by atoms with Gasteiger partial charge >= 0.3 is 0 Å². The van der Waals surface area contributed by atoms with Crippen LogP contribution in [0.5, 0.6) is 0 Å². The number of anilines is 1. The van der Waals surface area contributed by atoms with E-state index in [-0.39, 0.29) is 17.8 Å². The summed E-state index contributed by atoms with van der Waals surface area (Å²) in [5.41, 5.74) is 8.93. The first kappa shape index (κ1) is 19.1. The predicted octanol–water partition coefficient (Wildman–Crippen LogP) is 3.78. The van der Waals surface area contributed by atoms with E-state index in [1.807, 2.05) is 49.4 Å². The fourth-order valence-electron chi connectivity index (χ4n) is 3.42. The average molecular weight is 394 g/mol. The summed E-state index contributed by atoms with van der Waals surface area (Å²) >= 11 is 0. The van der Waals surface area contributed by atoms with E-state index >= 15 is 0 Å². The SMILES string of the molecule is COC1CN=C(N)N(c2cc(C(C)c3ccc(-c4ccccc4)c(F)c3)no2)C1. The first-order valence-electron chi connectivity index (χ1n) is 9.48. The quantitative estimate of drug-likeness (QED) is 0.713. The van der Waals surface area contributed by atoms with Crippen molar-refractivity contribution in [2.24, 2.45) is 10.7 Å². The van der Waals surface area contributed by atoms with E-state index in [2.05, 4.69) is 10.1 Å². The van der Waals surface area contributed by atoms with E-state index in [0.29, 0.717) is 36.2 Å². The molecular weight excluding hydrogens is 371 g/mol. The molecule has 2 aromatic carbocycles. The van der Waals surface area contributed by atoms with Gasteiger partial charge in [-0.25, -0.2) is 4.39 Å². The highest BCUT2D eigenvalue weighted by atomic mass is 19.1. The van der Waals surface area contributed by atoms with Crippen LogP contribution in [-0.2, 0) is 4.74 Å². The lowest BCUT2D eigenvalue weighted by atomic mass is 9.95. The lowest BCUT2D eigenvalue weighted by molar-refractivity contribution is 0.113. The molecule has 0 spiro atoms. The van der Waals surface area contributed by atoms with Crippen LogP contribution in [0.3, 0.4) is 0 Å². The van der Waals surface area contributed by atoms with Gasteiger partial charge in [0.25, 0.3) is 0 Å². The van der Waals surface area contributed by atoms with Gasteiger partial charge in [0.15, 0.2) is 5.96 Å². The van der Waals surface area contributed by atoms with Crippen molar-refractivity contribution in [3.8, 4) is 11.1 Å². The number of methoxy groups -OCH3 is 1. The monoisotopic (exact) mass is 394 g/mol.